The summed E-state index contributed by atoms with van der Waals surface area (Å²) in [5, 5.41) is 10.9. The summed E-state index contributed by atoms with van der Waals surface area (Å²) >= 11 is 0. The zero-order chi connectivity index (χ0) is 27.0. The zero-order valence-electron chi connectivity index (χ0n) is 22.3. The summed E-state index contributed by atoms with van der Waals surface area (Å²) in [6, 6.07) is 7.37. The zero-order valence-corrected chi connectivity index (χ0v) is 22.3. The molecule has 1 aliphatic rings. The number of anilines is 3. The summed E-state index contributed by atoms with van der Waals surface area (Å²) in [5.41, 5.74) is 2.86. The van der Waals surface area contributed by atoms with Gasteiger partial charge in [-0.25, -0.2) is 9.78 Å². The largest absolute Gasteiger partial charge is 0.467 e. The molecule has 4 aromatic rings. The van der Waals surface area contributed by atoms with E-state index in [1.54, 1.807) is 6.20 Å². The van der Waals surface area contributed by atoms with E-state index in [0.29, 0.717) is 30.7 Å². The van der Waals surface area contributed by atoms with Crippen LogP contribution in [-0.4, -0.2) is 106 Å². The minimum absolute atomic E-state index is 0.242. The van der Waals surface area contributed by atoms with Crippen LogP contribution in [0.4, 0.5) is 17.8 Å². The van der Waals surface area contributed by atoms with Crippen LogP contribution < -0.4 is 16.0 Å². The van der Waals surface area contributed by atoms with Gasteiger partial charge in [-0.2, -0.15) is 15.0 Å². The number of fused-ring (bicyclic) bond motifs is 1. The number of nitrogens with one attached hydrogen (secondary N) is 5. The van der Waals surface area contributed by atoms with Crippen LogP contribution in [-0.2, 0) is 16.0 Å². The van der Waals surface area contributed by atoms with Crippen LogP contribution >= 0.6 is 0 Å². The molecule has 13 heteroatoms. The number of hydrogen-bond donors (Lipinski definition) is 5. The monoisotopic (exact) mass is 533 g/mol. The molecule has 5 N–H and O–H groups in total. The average molecular weight is 534 g/mol. The van der Waals surface area contributed by atoms with Crippen LogP contribution in [0.15, 0.2) is 43.0 Å². The number of esters is 1. The van der Waals surface area contributed by atoms with Gasteiger partial charge in [0.25, 0.3) is 0 Å². The topological polar surface area (TPSA) is 152 Å². The SMILES string of the molecule is COC(=O)[C@@H](Nc1nc(NCCc2c[nH]c3ccccc23)nc(NCCN2CCN(C)CC2)n1)c1cnc[nH]1. The number of rotatable bonds is 12. The lowest BCUT2D eigenvalue weighted by Gasteiger charge is -2.32. The summed E-state index contributed by atoms with van der Waals surface area (Å²) < 4.78 is 4.99. The number of carbonyl (C=O) groups excluding carboxylic acids is 1. The van der Waals surface area contributed by atoms with Gasteiger partial charge in [0.15, 0.2) is 6.04 Å². The highest BCUT2D eigenvalue weighted by Gasteiger charge is 2.24. The van der Waals surface area contributed by atoms with Crippen molar-refractivity contribution in [2.24, 2.45) is 0 Å². The molecule has 0 spiro atoms. The molecule has 0 radical (unpaired) electrons. The molecule has 13 nitrogen and oxygen atoms in total. The maximum absolute atomic E-state index is 12.5. The molecular weight excluding hydrogens is 498 g/mol. The summed E-state index contributed by atoms with van der Waals surface area (Å²) in [6.07, 6.45) is 5.88. The number of carbonyl (C=O) groups is 1. The molecule has 5 rings (SSSR count). The Labute approximate surface area is 226 Å². The Bertz CT molecular complexity index is 1350. The van der Waals surface area contributed by atoms with Crippen molar-refractivity contribution in [3.8, 4) is 0 Å². The Morgan fingerprint density at radius 1 is 1.03 bits per heavy atom. The van der Waals surface area contributed by atoms with E-state index in [0.717, 1.165) is 44.7 Å². The Hall–Kier alpha value is -4.23. The van der Waals surface area contributed by atoms with Crippen LogP contribution in [0, 0.1) is 0 Å². The molecule has 1 aromatic carbocycles. The van der Waals surface area contributed by atoms with Crippen molar-refractivity contribution in [1.29, 1.82) is 0 Å². The highest BCUT2D eigenvalue weighted by molar-refractivity contribution is 5.83. The lowest BCUT2D eigenvalue weighted by molar-refractivity contribution is -0.141. The van der Waals surface area contributed by atoms with Gasteiger partial charge in [0.2, 0.25) is 17.8 Å². The van der Waals surface area contributed by atoms with Gasteiger partial charge in [-0.05, 0) is 25.1 Å². The van der Waals surface area contributed by atoms with E-state index in [9.17, 15) is 4.79 Å². The molecule has 3 aromatic heterocycles. The first-order chi connectivity index (χ1) is 19.1. The molecule has 1 atom stereocenters. The van der Waals surface area contributed by atoms with Crippen molar-refractivity contribution in [2.45, 2.75) is 12.5 Å². The first-order valence-electron chi connectivity index (χ1n) is 13.1. The third-order valence-electron chi connectivity index (χ3n) is 6.84. The highest BCUT2D eigenvalue weighted by atomic mass is 16.5. The molecule has 0 aliphatic carbocycles. The Morgan fingerprint density at radius 3 is 2.51 bits per heavy atom. The number of likely N-dealkylation sites (N-methyl/N-ethyl adjacent to an activating group) is 1. The van der Waals surface area contributed by atoms with Crippen LogP contribution in [0.5, 0.6) is 0 Å². The fourth-order valence-electron chi connectivity index (χ4n) is 4.58. The van der Waals surface area contributed by atoms with E-state index in [1.807, 2.05) is 18.3 Å². The van der Waals surface area contributed by atoms with Gasteiger partial charge in [-0.1, -0.05) is 18.2 Å². The second-order valence-electron chi connectivity index (χ2n) is 9.52. The third-order valence-corrected chi connectivity index (χ3v) is 6.84. The molecular formula is C26H35N11O2. The van der Waals surface area contributed by atoms with Gasteiger partial charge in [-0.15, -0.1) is 0 Å². The number of imidazole rings is 1. The molecule has 1 aliphatic heterocycles. The Morgan fingerprint density at radius 2 is 1.77 bits per heavy atom. The van der Waals surface area contributed by atoms with Crippen molar-refractivity contribution in [3.63, 3.8) is 0 Å². The minimum Gasteiger partial charge on any atom is -0.467 e. The fraction of sp³-hybridized carbons (Fsp3) is 0.423. The smallest absolute Gasteiger partial charge is 0.334 e. The van der Waals surface area contributed by atoms with Gasteiger partial charge in [0.1, 0.15) is 0 Å². The van der Waals surface area contributed by atoms with E-state index in [4.69, 9.17) is 4.74 Å². The van der Waals surface area contributed by atoms with Gasteiger partial charge >= 0.3 is 5.97 Å². The number of H-pyrrole nitrogens is 2. The van der Waals surface area contributed by atoms with Crippen LogP contribution in [0.25, 0.3) is 10.9 Å². The predicted octanol–water partition coefficient (Wildman–Crippen LogP) is 1.72. The van der Waals surface area contributed by atoms with Crippen molar-refractivity contribution in [3.05, 3.63) is 54.2 Å². The van der Waals surface area contributed by atoms with E-state index in [-0.39, 0.29) is 5.95 Å². The molecule has 0 unspecified atom stereocenters. The predicted molar refractivity (Wildman–Crippen MR) is 150 cm³/mol. The number of aromatic nitrogens is 6. The Kier molecular flexibility index (Phi) is 8.48. The first kappa shape index (κ1) is 26.4. The van der Waals surface area contributed by atoms with Crippen molar-refractivity contribution in [1.82, 2.24) is 39.7 Å². The quantitative estimate of drug-likeness (QED) is 0.169. The van der Waals surface area contributed by atoms with Crippen LogP contribution in [0.3, 0.4) is 0 Å². The second kappa shape index (κ2) is 12.5. The second-order valence-corrected chi connectivity index (χ2v) is 9.52. The average Bonchev–Trinajstić information content (AvgIpc) is 3.63. The number of hydrogen-bond acceptors (Lipinski definition) is 11. The van der Waals surface area contributed by atoms with E-state index >= 15 is 0 Å². The highest BCUT2D eigenvalue weighted by Crippen LogP contribution is 2.20. The molecule has 1 fully saturated rings. The maximum atomic E-state index is 12.5. The molecule has 206 valence electrons. The van der Waals surface area contributed by atoms with E-state index in [1.165, 1.54) is 24.4 Å². The lowest BCUT2D eigenvalue weighted by atomic mass is 10.1. The molecule has 0 bridgehead atoms. The van der Waals surface area contributed by atoms with Gasteiger partial charge in [-0.3, -0.25) is 4.90 Å². The Balaban J connectivity index is 1.29. The maximum Gasteiger partial charge on any atom is 0.334 e. The summed E-state index contributed by atoms with van der Waals surface area (Å²) in [5.74, 6) is 0.580. The number of para-hydroxylation sites is 1. The van der Waals surface area contributed by atoms with Gasteiger partial charge in [0.05, 0.1) is 25.3 Å². The fourth-order valence-corrected chi connectivity index (χ4v) is 4.58. The lowest BCUT2D eigenvalue weighted by Crippen LogP contribution is -2.45. The molecule has 4 heterocycles. The summed E-state index contributed by atoms with van der Waals surface area (Å²) in [7, 11) is 3.48. The third kappa shape index (κ3) is 6.81. The van der Waals surface area contributed by atoms with Crippen molar-refractivity contribution >= 4 is 34.7 Å². The summed E-state index contributed by atoms with van der Waals surface area (Å²) in [4.78, 5) is 41.2. The number of piperazine rings is 1. The normalized spacial score (nSPS) is 15.2. The van der Waals surface area contributed by atoms with Gasteiger partial charge < -0.3 is 35.6 Å². The molecule has 0 amide bonds. The number of benzene rings is 1. The summed E-state index contributed by atoms with van der Waals surface area (Å²) in [6.45, 7) is 6.38. The van der Waals surface area contributed by atoms with Crippen molar-refractivity contribution < 1.29 is 9.53 Å². The van der Waals surface area contributed by atoms with Crippen LogP contribution in [0.2, 0.25) is 0 Å². The molecule has 0 saturated carbocycles. The molecule has 1 saturated heterocycles. The standard InChI is InChI=1S/C26H35N11O2/c1-36-11-13-37(14-12-36)10-9-29-25-33-24(28-8-7-18-15-30-20-6-4-3-5-19(18)20)34-26(35-25)32-22(23(38)39-2)21-16-27-17-31-21/h3-6,15-17,22,30H,7-14H2,1-2H3,(H,27,31)(H3,28,29,32,33,34,35)/t22-/m0/s1. The van der Waals surface area contributed by atoms with E-state index in [2.05, 4.69) is 74.8 Å². The minimum atomic E-state index is -0.850. The number of methoxy groups -OCH3 is 1. The number of ether oxygens (including phenoxy) is 1. The van der Waals surface area contributed by atoms with Crippen LogP contribution in [0.1, 0.15) is 17.3 Å². The van der Waals surface area contributed by atoms with Crippen molar-refractivity contribution in [2.75, 3.05) is 75.9 Å². The van der Waals surface area contributed by atoms with E-state index < -0.39 is 12.0 Å². The van der Waals surface area contributed by atoms with Gasteiger partial charge in [0, 0.05) is 62.9 Å². The number of nitrogens with zero attached hydrogens (tertiary/aromatic N) is 6. The number of aromatic amines is 2. The molecule has 39 heavy (non-hydrogen) atoms. The first-order valence-corrected chi connectivity index (χ1v) is 13.1.